The first kappa shape index (κ1) is 21.9. The Morgan fingerprint density at radius 2 is 1.79 bits per heavy atom. The van der Waals surface area contributed by atoms with Crippen LogP contribution >= 0.6 is 23.2 Å². The summed E-state index contributed by atoms with van der Waals surface area (Å²) < 4.78 is 5.78. The van der Waals surface area contributed by atoms with E-state index in [1.807, 2.05) is 19.1 Å². The van der Waals surface area contributed by atoms with Crippen molar-refractivity contribution < 1.29 is 19.4 Å². The van der Waals surface area contributed by atoms with Crippen molar-refractivity contribution in [3.05, 3.63) is 57.1 Å². The zero-order valence-corrected chi connectivity index (χ0v) is 17.2. The summed E-state index contributed by atoms with van der Waals surface area (Å²) in [6, 6.07) is 8.85. The molecule has 0 bridgehead atoms. The highest BCUT2D eigenvalue weighted by Gasteiger charge is 2.15. The Hall–Kier alpha value is -2.44. The number of carbonyl (C=O) groups excluding carboxylic acids is 1. The van der Waals surface area contributed by atoms with E-state index in [1.54, 1.807) is 0 Å². The molecule has 150 valence electrons. The SMILES string of the molecule is CCCNc1cc(C)cc(COc2c(Cl)cc(C(=O)NCC(=O)O)cc2Cl)c1. The highest BCUT2D eigenvalue weighted by Crippen LogP contribution is 2.35. The molecular formula is C20H22Cl2N2O4. The van der Waals surface area contributed by atoms with E-state index in [1.165, 1.54) is 12.1 Å². The minimum Gasteiger partial charge on any atom is -0.486 e. The summed E-state index contributed by atoms with van der Waals surface area (Å²) >= 11 is 12.4. The van der Waals surface area contributed by atoms with Gasteiger partial charge in [-0.2, -0.15) is 0 Å². The smallest absolute Gasteiger partial charge is 0.322 e. The number of aliphatic carboxylic acids is 1. The Kier molecular flexibility index (Phi) is 7.96. The molecule has 28 heavy (non-hydrogen) atoms. The fourth-order valence-corrected chi connectivity index (χ4v) is 3.16. The molecule has 8 heteroatoms. The minimum atomic E-state index is -1.14. The van der Waals surface area contributed by atoms with E-state index in [4.69, 9.17) is 33.0 Å². The van der Waals surface area contributed by atoms with Crippen LogP contribution in [0.2, 0.25) is 10.0 Å². The fourth-order valence-electron chi connectivity index (χ4n) is 2.56. The molecule has 0 aliphatic carbocycles. The summed E-state index contributed by atoms with van der Waals surface area (Å²) in [5.41, 5.74) is 3.23. The number of halogens is 2. The number of ether oxygens (including phenoxy) is 1. The first-order valence-electron chi connectivity index (χ1n) is 8.76. The van der Waals surface area contributed by atoms with Crippen LogP contribution in [0, 0.1) is 6.92 Å². The predicted molar refractivity (Wildman–Crippen MR) is 111 cm³/mol. The van der Waals surface area contributed by atoms with E-state index >= 15 is 0 Å². The molecule has 0 aromatic heterocycles. The second-order valence-corrected chi connectivity index (χ2v) is 7.08. The minimum absolute atomic E-state index is 0.158. The van der Waals surface area contributed by atoms with Crippen molar-refractivity contribution in [2.45, 2.75) is 26.9 Å². The zero-order chi connectivity index (χ0) is 20.7. The third-order valence-corrected chi connectivity index (χ3v) is 4.32. The van der Waals surface area contributed by atoms with Crippen molar-refractivity contribution >= 4 is 40.8 Å². The Morgan fingerprint density at radius 3 is 2.39 bits per heavy atom. The monoisotopic (exact) mass is 424 g/mol. The highest BCUT2D eigenvalue weighted by atomic mass is 35.5. The molecule has 0 saturated heterocycles. The van der Waals surface area contributed by atoms with Gasteiger partial charge in [-0.1, -0.05) is 36.2 Å². The Bertz CT molecular complexity index is 848. The number of aryl methyl sites for hydroxylation is 1. The maximum atomic E-state index is 12.0. The molecule has 2 aromatic rings. The van der Waals surface area contributed by atoms with Gasteiger partial charge in [-0.3, -0.25) is 9.59 Å². The van der Waals surface area contributed by atoms with Gasteiger partial charge >= 0.3 is 5.97 Å². The van der Waals surface area contributed by atoms with E-state index < -0.39 is 18.4 Å². The third kappa shape index (κ3) is 6.32. The van der Waals surface area contributed by atoms with Crippen LogP contribution in [0.4, 0.5) is 5.69 Å². The van der Waals surface area contributed by atoms with Gasteiger partial charge in [-0.05, 0) is 48.7 Å². The summed E-state index contributed by atoms with van der Waals surface area (Å²) in [4.78, 5) is 22.5. The molecule has 6 nitrogen and oxygen atoms in total. The molecule has 0 radical (unpaired) electrons. The maximum Gasteiger partial charge on any atom is 0.322 e. The molecule has 0 fully saturated rings. The molecule has 0 unspecified atom stereocenters. The van der Waals surface area contributed by atoms with Gasteiger partial charge in [0.15, 0.2) is 5.75 Å². The molecule has 0 heterocycles. The number of nitrogens with one attached hydrogen (secondary N) is 2. The van der Waals surface area contributed by atoms with Gasteiger partial charge in [-0.15, -0.1) is 0 Å². The molecular weight excluding hydrogens is 403 g/mol. The van der Waals surface area contributed by atoms with E-state index in [0.29, 0.717) is 0 Å². The molecule has 2 rings (SSSR count). The zero-order valence-electron chi connectivity index (χ0n) is 15.6. The van der Waals surface area contributed by atoms with E-state index in [-0.39, 0.29) is 28.0 Å². The number of amides is 1. The lowest BCUT2D eigenvalue weighted by molar-refractivity contribution is -0.135. The van der Waals surface area contributed by atoms with Crippen LogP contribution in [0.15, 0.2) is 30.3 Å². The Balaban J connectivity index is 2.11. The third-order valence-electron chi connectivity index (χ3n) is 3.76. The molecule has 3 N–H and O–H groups in total. The average Bonchev–Trinajstić information content (AvgIpc) is 2.63. The van der Waals surface area contributed by atoms with Crippen molar-refractivity contribution in [2.75, 3.05) is 18.4 Å². The first-order chi connectivity index (χ1) is 13.3. The summed E-state index contributed by atoms with van der Waals surface area (Å²) in [6.07, 6.45) is 1.03. The number of hydrogen-bond acceptors (Lipinski definition) is 4. The van der Waals surface area contributed by atoms with Crippen molar-refractivity contribution in [3.63, 3.8) is 0 Å². The molecule has 0 aliphatic heterocycles. The number of rotatable bonds is 9. The topological polar surface area (TPSA) is 87.7 Å². The van der Waals surface area contributed by atoms with Crippen molar-refractivity contribution in [1.29, 1.82) is 0 Å². The lowest BCUT2D eigenvalue weighted by atomic mass is 10.1. The molecule has 0 saturated carbocycles. The second-order valence-electron chi connectivity index (χ2n) is 6.27. The van der Waals surface area contributed by atoms with Gasteiger partial charge in [0.2, 0.25) is 0 Å². The van der Waals surface area contributed by atoms with E-state index in [0.717, 1.165) is 29.8 Å². The molecule has 0 aliphatic rings. The Labute approximate surface area is 173 Å². The van der Waals surface area contributed by atoms with E-state index in [9.17, 15) is 9.59 Å². The largest absolute Gasteiger partial charge is 0.486 e. The van der Waals surface area contributed by atoms with Gasteiger partial charge in [-0.25, -0.2) is 0 Å². The predicted octanol–water partition coefficient (Wildman–Crippen LogP) is 4.52. The highest BCUT2D eigenvalue weighted by molar-refractivity contribution is 6.37. The van der Waals surface area contributed by atoms with Crippen molar-refractivity contribution in [2.24, 2.45) is 0 Å². The van der Waals surface area contributed by atoms with Gasteiger partial charge in [0.25, 0.3) is 5.91 Å². The number of carbonyl (C=O) groups is 2. The van der Waals surface area contributed by atoms with Crippen LogP contribution in [-0.4, -0.2) is 30.1 Å². The van der Waals surface area contributed by atoms with Crippen molar-refractivity contribution in [1.82, 2.24) is 5.32 Å². The van der Waals surface area contributed by atoms with Gasteiger partial charge in [0.05, 0.1) is 10.0 Å². The summed E-state index contributed by atoms with van der Waals surface area (Å²) in [5, 5.41) is 14.6. The maximum absolute atomic E-state index is 12.0. The summed E-state index contributed by atoms with van der Waals surface area (Å²) in [6.45, 7) is 4.75. The standard InChI is InChI=1S/C20H22Cl2N2O4/c1-3-4-23-15-6-12(2)5-13(7-15)11-28-19-16(21)8-14(9-17(19)22)20(27)24-10-18(25)26/h5-9,23H,3-4,10-11H2,1-2H3,(H,24,27)(H,25,26). The number of carboxylic acid groups (broad SMARTS) is 1. The lowest BCUT2D eigenvalue weighted by Crippen LogP contribution is -2.29. The Morgan fingerprint density at radius 1 is 1.11 bits per heavy atom. The van der Waals surface area contributed by atoms with Crippen LogP contribution < -0.4 is 15.4 Å². The van der Waals surface area contributed by atoms with Gasteiger partial charge < -0.3 is 20.5 Å². The number of benzene rings is 2. The van der Waals surface area contributed by atoms with E-state index in [2.05, 4.69) is 23.6 Å². The van der Waals surface area contributed by atoms with Crippen LogP contribution in [0.5, 0.6) is 5.75 Å². The summed E-state index contributed by atoms with van der Waals surface area (Å²) in [7, 11) is 0. The first-order valence-corrected chi connectivity index (χ1v) is 9.52. The summed E-state index contributed by atoms with van der Waals surface area (Å²) in [5.74, 6) is -1.46. The molecule has 1 amide bonds. The molecule has 0 atom stereocenters. The van der Waals surface area contributed by atoms with Gasteiger partial charge in [0.1, 0.15) is 13.2 Å². The molecule has 2 aromatic carbocycles. The fraction of sp³-hybridized carbons (Fsp3) is 0.300. The number of carboxylic acids is 1. The van der Waals surface area contributed by atoms with Crippen LogP contribution in [0.1, 0.15) is 34.8 Å². The normalized spacial score (nSPS) is 10.4. The second kappa shape index (κ2) is 10.2. The van der Waals surface area contributed by atoms with Crippen molar-refractivity contribution in [3.8, 4) is 5.75 Å². The quantitative estimate of drug-likeness (QED) is 0.550. The average molecular weight is 425 g/mol. The number of hydrogen-bond donors (Lipinski definition) is 3. The van der Waals surface area contributed by atoms with Crippen LogP contribution in [0.25, 0.3) is 0 Å². The lowest BCUT2D eigenvalue weighted by Gasteiger charge is -2.13. The molecule has 0 spiro atoms. The van der Waals surface area contributed by atoms with Crippen LogP contribution in [0.3, 0.4) is 0 Å². The van der Waals surface area contributed by atoms with Gasteiger partial charge in [0, 0.05) is 17.8 Å². The van der Waals surface area contributed by atoms with Crippen LogP contribution in [-0.2, 0) is 11.4 Å². The number of anilines is 1.